The van der Waals surface area contributed by atoms with Crippen LogP contribution >= 0.6 is 0 Å². The zero-order valence-electron chi connectivity index (χ0n) is 15.2. The van der Waals surface area contributed by atoms with Gasteiger partial charge in [0.2, 0.25) is 5.91 Å². The van der Waals surface area contributed by atoms with E-state index in [1.165, 1.54) is 6.42 Å². The molecule has 4 rings (SSSR count). The molecule has 0 radical (unpaired) electrons. The van der Waals surface area contributed by atoms with Crippen LogP contribution in [0.2, 0.25) is 0 Å². The normalized spacial score (nSPS) is 16.1. The molecule has 1 aromatic heterocycles. The lowest BCUT2D eigenvalue weighted by Gasteiger charge is -2.29. The number of hydrogen-bond acceptors (Lipinski definition) is 5. The van der Waals surface area contributed by atoms with Crippen molar-refractivity contribution in [1.82, 2.24) is 20.1 Å². The second kappa shape index (κ2) is 7.77. The van der Waals surface area contributed by atoms with Crippen LogP contribution in [0.15, 0.2) is 24.3 Å². The standard InChI is InChI=1S/C19H23N5O3/c25-18(20-12-17-22-21-16-8-2-1-5-10-24(16)17)9-11-23-14-6-3-4-7-15(14)27-13-19(23)26/h3-4,6-7H,1-2,5,8-13H2,(H,20,25). The third kappa shape index (κ3) is 3.79. The van der Waals surface area contributed by atoms with E-state index in [0.29, 0.717) is 24.5 Å². The van der Waals surface area contributed by atoms with E-state index in [2.05, 4.69) is 20.1 Å². The molecule has 2 aromatic rings. The molecule has 0 unspecified atom stereocenters. The molecule has 2 aliphatic rings. The highest BCUT2D eigenvalue weighted by Gasteiger charge is 2.25. The summed E-state index contributed by atoms with van der Waals surface area (Å²) >= 11 is 0. The van der Waals surface area contributed by atoms with Crippen molar-refractivity contribution in [2.24, 2.45) is 0 Å². The quantitative estimate of drug-likeness (QED) is 0.861. The van der Waals surface area contributed by atoms with Crippen LogP contribution in [-0.2, 0) is 29.1 Å². The van der Waals surface area contributed by atoms with Gasteiger partial charge in [0.15, 0.2) is 12.4 Å². The Morgan fingerprint density at radius 2 is 2.07 bits per heavy atom. The number of aromatic nitrogens is 3. The molecule has 27 heavy (non-hydrogen) atoms. The first-order chi connectivity index (χ1) is 13.2. The first-order valence-electron chi connectivity index (χ1n) is 9.42. The molecule has 0 fully saturated rings. The second-order valence-electron chi connectivity index (χ2n) is 6.82. The molecule has 0 spiro atoms. The number of nitrogens with one attached hydrogen (secondary N) is 1. The summed E-state index contributed by atoms with van der Waals surface area (Å²) in [6.07, 6.45) is 4.62. The Bertz CT molecular complexity index is 848. The van der Waals surface area contributed by atoms with Gasteiger partial charge in [-0.3, -0.25) is 9.59 Å². The summed E-state index contributed by atoms with van der Waals surface area (Å²) in [7, 11) is 0. The SMILES string of the molecule is O=C(CCN1C(=O)COc2ccccc21)NCc1nnc2n1CCCCC2. The van der Waals surface area contributed by atoms with E-state index in [9.17, 15) is 9.59 Å². The number of benzene rings is 1. The Kier molecular flexibility index (Phi) is 5.04. The number of fused-ring (bicyclic) bond motifs is 2. The van der Waals surface area contributed by atoms with E-state index in [1.807, 2.05) is 24.3 Å². The number of rotatable bonds is 5. The highest BCUT2D eigenvalue weighted by Crippen LogP contribution is 2.31. The summed E-state index contributed by atoms with van der Waals surface area (Å²) in [5.41, 5.74) is 0.712. The maximum atomic E-state index is 12.3. The minimum Gasteiger partial charge on any atom is -0.482 e. The predicted octanol–water partition coefficient (Wildman–Crippen LogP) is 1.44. The Labute approximate surface area is 157 Å². The van der Waals surface area contributed by atoms with Gasteiger partial charge in [0.05, 0.1) is 12.2 Å². The molecule has 0 saturated heterocycles. The summed E-state index contributed by atoms with van der Waals surface area (Å²) in [6, 6.07) is 7.37. The minimum absolute atomic E-state index is 0.00448. The number of aryl methyl sites for hydroxylation is 1. The molecule has 2 aliphatic heterocycles. The van der Waals surface area contributed by atoms with Crippen molar-refractivity contribution >= 4 is 17.5 Å². The van der Waals surface area contributed by atoms with Gasteiger partial charge >= 0.3 is 0 Å². The van der Waals surface area contributed by atoms with Gasteiger partial charge in [0, 0.05) is 25.9 Å². The number of nitrogens with zero attached hydrogens (tertiary/aromatic N) is 4. The maximum Gasteiger partial charge on any atom is 0.265 e. The van der Waals surface area contributed by atoms with E-state index in [1.54, 1.807) is 4.90 Å². The third-order valence-electron chi connectivity index (χ3n) is 5.00. The third-order valence-corrected chi connectivity index (χ3v) is 5.00. The number of carbonyl (C=O) groups excluding carboxylic acids is 2. The lowest BCUT2D eigenvalue weighted by molar-refractivity contribution is -0.122. The van der Waals surface area contributed by atoms with Crippen LogP contribution in [0, 0.1) is 0 Å². The van der Waals surface area contributed by atoms with E-state index < -0.39 is 0 Å². The number of anilines is 1. The summed E-state index contributed by atoms with van der Waals surface area (Å²) in [4.78, 5) is 26.1. The highest BCUT2D eigenvalue weighted by molar-refractivity contribution is 5.98. The van der Waals surface area contributed by atoms with E-state index >= 15 is 0 Å². The fraction of sp³-hybridized carbons (Fsp3) is 0.474. The number of ether oxygens (including phenoxy) is 1. The van der Waals surface area contributed by atoms with Gasteiger partial charge in [0.25, 0.3) is 5.91 Å². The summed E-state index contributed by atoms with van der Waals surface area (Å²) in [5.74, 6) is 2.23. The van der Waals surface area contributed by atoms with Crippen molar-refractivity contribution in [3.05, 3.63) is 35.9 Å². The van der Waals surface area contributed by atoms with Crippen molar-refractivity contribution in [2.75, 3.05) is 18.1 Å². The molecule has 8 nitrogen and oxygen atoms in total. The predicted molar refractivity (Wildman–Crippen MR) is 98.3 cm³/mol. The smallest absolute Gasteiger partial charge is 0.265 e. The Morgan fingerprint density at radius 3 is 3.00 bits per heavy atom. The van der Waals surface area contributed by atoms with Gasteiger partial charge in [0.1, 0.15) is 11.6 Å². The zero-order chi connectivity index (χ0) is 18.6. The molecular weight excluding hydrogens is 346 g/mol. The van der Waals surface area contributed by atoms with Crippen molar-refractivity contribution in [3.63, 3.8) is 0 Å². The molecule has 3 heterocycles. The molecule has 0 atom stereocenters. The Hall–Kier alpha value is -2.90. The van der Waals surface area contributed by atoms with Crippen LogP contribution < -0.4 is 15.0 Å². The van der Waals surface area contributed by atoms with Crippen molar-refractivity contribution < 1.29 is 14.3 Å². The van der Waals surface area contributed by atoms with Gasteiger partial charge in [-0.25, -0.2) is 0 Å². The summed E-state index contributed by atoms with van der Waals surface area (Å²) in [6.45, 7) is 1.60. The number of carbonyl (C=O) groups is 2. The summed E-state index contributed by atoms with van der Waals surface area (Å²) < 4.78 is 7.54. The average molecular weight is 369 g/mol. The number of para-hydroxylation sites is 2. The van der Waals surface area contributed by atoms with Gasteiger partial charge in [-0.2, -0.15) is 0 Å². The van der Waals surface area contributed by atoms with Crippen LogP contribution in [0.1, 0.15) is 37.3 Å². The lowest BCUT2D eigenvalue weighted by atomic mass is 10.2. The number of hydrogen-bond donors (Lipinski definition) is 1. The first kappa shape index (κ1) is 17.5. The van der Waals surface area contributed by atoms with Crippen LogP contribution in [0.3, 0.4) is 0 Å². The van der Waals surface area contributed by atoms with Crippen LogP contribution in [-0.4, -0.2) is 39.7 Å². The fourth-order valence-electron chi connectivity index (χ4n) is 3.55. The molecule has 142 valence electrons. The monoisotopic (exact) mass is 369 g/mol. The molecule has 2 amide bonds. The average Bonchev–Trinajstić information content (AvgIpc) is 2.91. The first-order valence-corrected chi connectivity index (χ1v) is 9.42. The molecule has 8 heteroatoms. The van der Waals surface area contributed by atoms with Crippen LogP contribution in [0.4, 0.5) is 5.69 Å². The summed E-state index contributed by atoms with van der Waals surface area (Å²) in [5, 5.41) is 11.4. The maximum absolute atomic E-state index is 12.3. The molecule has 0 aliphatic carbocycles. The molecule has 0 saturated carbocycles. The van der Waals surface area contributed by atoms with Crippen molar-refractivity contribution in [1.29, 1.82) is 0 Å². The Morgan fingerprint density at radius 1 is 1.19 bits per heavy atom. The highest BCUT2D eigenvalue weighted by atomic mass is 16.5. The second-order valence-corrected chi connectivity index (χ2v) is 6.82. The van der Waals surface area contributed by atoms with Crippen molar-refractivity contribution in [3.8, 4) is 5.75 Å². The zero-order valence-corrected chi connectivity index (χ0v) is 15.2. The lowest BCUT2D eigenvalue weighted by Crippen LogP contribution is -2.41. The van der Waals surface area contributed by atoms with Gasteiger partial charge in [-0.1, -0.05) is 18.6 Å². The topological polar surface area (TPSA) is 89.3 Å². The van der Waals surface area contributed by atoms with Crippen molar-refractivity contribution in [2.45, 2.75) is 45.2 Å². The van der Waals surface area contributed by atoms with Gasteiger partial charge < -0.3 is 19.5 Å². The van der Waals surface area contributed by atoms with Gasteiger partial charge in [-0.05, 0) is 25.0 Å². The molecule has 0 bridgehead atoms. The van der Waals surface area contributed by atoms with Crippen LogP contribution in [0.5, 0.6) is 5.75 Å². The largest absolute Gasteiger partial charge is 0.482 e. The Balaban J connectivity index is 1.33. The molecule has 1 aromatic carbocycles. The molecular formula is C19H23N5O3. The molecule has 1 N–H and O–H groups in total. The minimum atomic E-state index is -0.135. The van der Waals surface area contributed by atoms with E-state index in [4.69, 9.17) is 4.74 Å². The number of amides is 2. The van der Waals surface area contributed by atoms with Crippen LogP contribution in [0.25, 0.3) is 0 Å². The fourth-order valence-corrected chi connectivity index (χ4v) is 3.55. The van der Waals surface area contributed by atoms with E-state index in [0.717, 1.165) is 37.5 Å². The van der Waals surface area contributed by atoms with Gasteiger partial charge in [-0.15, -0.1) is 10.2 Å². The van der Waals surface area contributed by atoms with E-state index in [-0.39, 0.29) is 24.8 Å².